The summed E-state index contributed by atoms with van der Waals surface area (Å²) in [6, 6.07) is 23.4. The van der Waals surface area contributed by atoms with Gasteiger partial charge in [-0.25, -0.2) is 12.8 Å². The molecule has 1 aliphatic rings. The lowest BCUT2D eigenvalue weighted by Gasteiger charge is -2.39. The maximum Gasteiger partial charge on any atom is 0.316 e. The predicted octanol–water partition coefficient (Wildman–Crippen LogP) is 4.29. The number of halogens is 1. The van der Waals surface area contributed by atoms with Crippen molar-refractivity contribution in [1.82, 2.24) is 4.31 Å². The van der Waals surface area contributed by atoms with Crippen molar-refractivity contribution in [3.63, 3.8) is 0 Å². The number of piperidine rings is 1. The first-order valence-corrected chi connectivity index (χ1v) is 11.9. The summed E-state index contributed by atoms with van der Waals surface area (Å²) in [6.45, 7) is 0.440. The van der Waals surface area contributed by atoms with Crippen molar-refractivity contribution >= 4 is 16.0 Å². The fraction of sp³-hybridized carbons (Fsp3) is 0.240. The molecular formula is C25H24FNO4S. The minimum Gasteiger partial charge on any atom is -0.460 e. The van der Waals surface area contributed by atoms with Gasteiger partial charge in [-0.15, -0.1) is 0 Å². The van der Waals surface area contributed by atoms with Gasteiger partial charge in [-0.2, -0.15) is 4.31 Å². The van der Waals surface area contributed by atoms with E-state index < -0.39 is 21.4 Å². The fourth-order valence-corrected chi connectivity index (χ4v) is 5.55. The lowest BCUT2D eigenvalue weighted by molar-refractivity contribution is -0.153. The number of sulfonamides is 1. The average Bonchev–Trinajstić information content (AvgIpc) is 2.84. The molecule has 5 nitrogen and oxygen atoms in total. The molecule has 0 radical (unpaired) electrons. The van der Waals surface area contributed by atoms with Crippen LogP contribution in [0.5, 0.6) is 0 Å². The van der Waals surface area contributed by atoms with Crippen molar-refractivity contribution in [2.24, 2.45) is 0 Å². The van der Waals surface area contributed by atoms with Gasteiger partial charge in [-0.3, -0.25) is 4.79 Å². The maximum atomic E-state index is 13.3. The van der Waals surface area contributed by atoms with Crippen LogP contribution >= 0.6 is 0 Å². The molecule has 0 N–H and O–H groups in total. The van der Waals surface area contributed by atoms with Crippen molar-refractivity contribution < 1.29 is 22.3 Å². The number of benzene rings is 3. The molecule has 1 aliphatic heterocycles. The van der Waals surface area contributed by atoms with E-state index in [4.69, 9.17) is 4.74 Å². The monoisotopic (exact) mass is 453 g/mol. The molecule has 3 aromatic carbocycles. The standard InChI is InChI=1S/C25H24FNO4S/c26-22-13-11-20(12-14-22)19-31-24(28)25(21-7-3-1-4-8-21)15-17-27(18-16-25)32(29,30)23-9-5-2-6-10-23/h1-14H,15-19H2. The van der Waals surface area contributed by atoms with E-state index in [2.05, 4.69) is 0 Å². The second kappa shape index (κ2) is 9.22. The van der Waals surface area contributed by atoms with Crippen LogP contribution in [-0.4, -0.2) is 31.8 Å². The SMILES string of the molecule is O=C(OCc1ccc(F)cc1)C1(c2ccccc2)CCN(S(=O)(=O)c2ccccc2)CC1. The van der Waals surface area contributed by atoms with Gasteiger partial charge in [0, 0.05) is 13.1 Å². The second-order valence-electron chi connectivity index (χ2n) is 7.87. The van der Waals surface area contributed by atoms with Gasteiger partial charge in [0.15, 0.2) is 0 Å². The van der Waals surface area contributed by atoms with Gasteiger partial charge in [0.25, 0.3) is 0 Å². The predicted molar refractivity (Wildman–Crippen MR) is 119 cm³/mol. The first-order chi connectivity index (χ1) is 15.4. The Morgan fingerprint density at radius 3 is 2.03 bits per heavy atom. The Labute approximate surface area is 187 Å². The molecule has 0 amide bonds. The van der Waals surface area contributed by atoms with E-state index in [1.165, 1.54) is 16.4 Å². The summed E-state index contributed by atoms with van der Waals surface area (Å²) in [5.41, 5.74) is 0.553. The number of carbonyl (C=O) groups is 1. The Bertz CT molecular complexity index is 1160. The molecule has 7 heteroatoms. The average molecular weight is 454 g/mol. The van der Waals surface area contributed by atoms with E-state index in [9.17, 15) is 17.6 Å². The zero-order valence-electron chi connectivity index (χ0n) is 17.5. The number of esters is 1. The quantitative estimate of drug-likeness (QED) is 0.523. The summed E-state index contributed by atoms with van der Waals surface area (Å²) in [7, 11) is -3.63. The molecule has 166 valence electrons. The van der Waals surface area contributed by atoms with Gasteiger partial charge in [0.2, 0.25) is 10.0 Å². The molecule has 4 rings (SSSR count). The van der Waals surface area contributed by atoms with Crippen LogP contribution in [0.25, 0.3) is 0 Å². The third-order valence-electron chi connectivity index (χ3n) is 5.96. The van der Waals surface area contributed by atoms with Crippen LogP contribution in [-0.2, 0) is 31.6 Å². The lowest BCUT2D eigenvalue weighted by atomic mass is 9.73. The van der Waals surface area contributed by atoms with Gasteiger partial charge in [0.05, 0.1) is 10.3 Å². The van der Waals surface area contributed by atoms with E-state index in [0.717, 1.165) is 5.56 Å². The highest BCUT2D eigenvalue weighted by atomic mass is 32.2. The summed E-state index contributed by atoms with van der Waals surface area (Å²) in [5.74, 6) is -0.752. The highest BCUT2D eigenvalue weighted by Gasteiger charge is 2.46. The zero-order valence-corrected chi connectivity index (χ0v) is 18.3. The van der Waals surface area contributed by atoms with Gasteiger partial charge in [0.1, 0.15) is 12.4 Å². The van der Waals surface area contributed by atoms with Crippen LogP contribution in [0.2, 0.25) is 0 Å². The van der Waals surface area contributed by atoms with Gasteiger partial charge >= 0.3 is 5.97 Å². The van der Waals surface area contributed by atoms with E-state index in [0.29, 0.717) is 18.4 Å². The molecule has 1 saturated heterocycles. The van der Waals surface area contributed by atoms with Crippen LogP contribution in [0.3, 0.4) is 0 Å². The number of carbonyl (C=O) groups excluding carboxylic acids is 1. The Balaban J connectivity index is 1.55. The van der Waals surface area contributed by atoms with E-state index in [-0.39, 0.29) is 30.4 Å². The van der Waals surface area contributed by atoms with E-state index in [1.54, 1.807) is 42.5 Å². The summed E-state index contributed by atoms with van der Waals surface area (Å²) in [4.78, 5) is 13.6. The molecule has 1 heterocycles. The normalized spacial score (nSPS) is 16.4. The maximum absolute atomic E-state index is 13.3. The minimum absolute atomic E-state index is 0.0275. The first kappa shape index (κ1) is 22.2. The summed E-state index contributed by atoms with van der Waals surface area (Å²) in [5, 5.41) is 0. The Morgan fingerprint density at radius 2 is 1.44 bits per heavy atom. The third-order valence-corrected chi connectivity index (χ3v) is 7.87. The summed E-state index contributed by atoms with van der Waals surface area (Å²) in [6.07, 6.45) is 0.622. The van der Waals surface area contributed by atoms with Crippen molar-refractivity contribution in [3.8, 4) is 0 Å². The number of hydrogen-bond donors (Lipinski definition) is 0. The van der Waals surface area contributed by atoms with E-state index >= 15 is 0 Å². The summed E-state index contributed by atoms with van der Waals surface area (Å²) >= 11 is 0. The Morgan fingerprint density at radius 1 is 0.875 bits per heavy atom. The molecule has 0 atom stereocenters. The highest BCUT2D eigenvalue weighted by molar-refractivity contribution is 7.89. The molecule has 1 fully saturated rings. The minimum atomic E-state index is -3.63. The van der Waals surface area contributed by atoms with Crippen LogP contribution in [0, 0.1) is 5.82 Å². The Hall–Kier alpha value is -3.03. The lowest BCUT2D eigenvalue weighted by Crippen LogP contribution is -2.49. The summed E-state index contributed by atoms with van der Waals surface area (Å²) < 4.78 is 46.3. The molecule has 0 saturated carbocycles. The van der Waals surface area contributed by atoms with Crippen LogP contribution in [0.15, 0.2) is 89.8 Å². The van der Waals surface area contributed by atoms with Crippen molar-refractivity contribution in [2.45, 2.75) is 29.8 Å². The largest absolute Gasteiger partial charge is 0.460 e. The van der Waals surface area contributed by atoms with Crippen LogP contribution in [0.1, 0.15) is 24.0 Å². The molecule has 0 aromatic heterocycles. The molecule has 0 aliphatic carbocycles. The molecule has 0 bridgehead atoms. The van der Waals surface area contributed by atoms with E-state index in [1.807, 2.05) is 30.3 Å². The number of nitrogens with zero attached hydrogens (tertiary/aromatic N) is 1. The number of ether oxygens (including phenoxy) is 1. The molecule has 32 heavy (non-hydrogen) atoms. The second-order valence-corrected chi connectivity index (χ2v) is 9.81. The van der Waals surface area contributed by atoms with Gasteiger partial charge in [-0.05, 0) is 48.2 Å². The number of rotatable bonds is 6. The van der Waals surface area contributed by atoms with Gasteiger partial charge in [-0.1, -0.05) is 60.7 Å². The smallest absolute Gasteiger partial charge is 0.316 e. The molecule has 0 unspecified atom stereocenters. The van der Waals surface area contributed by atoms with Crippen molar-refractivity contribution in [3.05, 3.63) is 102 Å². The Kier molecular flexibility index (Phi) is 6.39. The first-order valence-electron chi connectivity index (χ1n) is 10.4. The molecule has 3 aromatic rings. The van der Waals surface area contributed by atoms with Crippen molar-refractivity contribution in [1.29, 1.82) is 0 Å². The van der Waals surface area contributed by atoms with Crippen molar-refractivity contribution in [2.75, 3.05) is 13.1 Å². The van der Waals surface area contributed by atoms with Crippen LogP contribution < -0.4 is 0 Å². The molecule has 0 spiro atoms. The van der Waals surface area contributed by atoms with Gasteiger partial charge < -0.3 is 4.74 Å². The third kappa shape index (κ3) is 4.45. The fourth-order valence-electron chi connectivity index (χ4n) is 4.09. The number of hydrogen-bond acceptors (Lipinski definition) is 4. The highest BCUT2D eigenvalue weighted by Crippen LogP contribution is 2.38. The molecular weight excluding hydrogens is 429 g/mol. The zero-order chi connectivity index (χ0) is 22.6. The van der Waals surface area contributed by atoms with Crippen LogP contribution in [0.4, 0.5) is 4.39 Å². The topological polar surface area (TPSA) is 63.7 Å².